The van der Waals surface area contributed by atoms with Crippen LogP contribution in [0.2, 0.25) is 0 Å². The van der Waals surface area contributed by atoms with E-state index in [0.717, 1.165) is 22.4 Å². The van der Waals surface area contributed by atoms with E-state index in [1.807, 2.05) is 26.1 Å². The quantitative estimate of drug-likeness (QED) is 0.598. The van der Waals surface area contributed by atoms with Crippen LogP contribution in [0.5, 0.6) is 0 Å². The lowest BCUT2D eigenvalue weighted by atomic mass is 10.1. The van der Waals surface area contributed by atoms with E-state index in [1.54, 1.807) is 6.21 Å². The van der Waals surface area contributed by atoms with Crippen molar-refractivity contribution in [1.29, 1.82) is 0 Å². The molecule has 0 aliphatic heterocycles. The lowest BCUT2D eigenvalue weighted by Gasteiger charge is -2.03. The SMILES string of the molecule is C=C(C)/C=C(\N=C/C)c1ccc2cc[nH]c2c1. The minimum atomic E-state index is 0.941. The Kier molecular flexibility index (Phi) is 3.24. The zero-order valence-electron chi connectivity index (χ0n) is 10.2. The van der Waals surface area contributed by atoms with Gasteiger partial charge >= 0.3 is 0 Å². The maximum atomic E-state index is 4.39. The summed E-state index contributed by atoms with van der Waals surface area (Å²) in [6, 6.07) is 8.35. The van der Waals surface area contributed by atoms with Gasteiger partial charge in [0, 0.05) is 23.5 Å². The zero-order chi connectivity index (χ0) is 12.3. The van der Waals surface area contributed by atoms with Crippen molar-refractivity contribution in [3.63, 3.8) is 0 Å². The number of hydrogen-bond acceptors (Lipinski definition) is 1. The predicted octanol–water partition coefficient (Wildman–Crippen LogP) is 4.18. The summed E-state index contributed by atoms with van der Waals surface area (Å²) in [5.41, 5.74) is 4.16. The van der Waals surface area contributed by atoms with Crippen molar-refractivity contribution in [2.75, 3.05) is 0 Å². The number of aliphatic imine (C=N–C) groups is 1. The Morgan fingerprint density at radius 3 is 2.88 bits per heavy atom. The van der Waals surface area contributed by atoms with Crippen LogP contribution in [0, 0.1) is 0 Å². The van der Waals surface area contributed by atoms with Crippen LogP contribution in [0.4, 0.5) is 0 Å². The molecule has 0 aliphatic carbocycles. The highest BCUT2D eigenvalue weighted by atomic mass is 14.7. The Bertz CT molecular complexity index is 600. The fraction of sp³-hybridized carbons (Fsp3) is 0.133. The first-order valence-corrected chi connectivity index (χ1v) is 5.64. The molecule has 2 nitrogen and oxygen atoms in total. The molecule has 0 spiro atoms. The first kappa shape index (κ1) is 11.4. The van der Waals surface area contributed by atoms with Gasteiger partial charge < -0.3 is 4.98 Å². The minimum absolute atomic E-state index is 0.941. The van der Waals surface area contributed by atoms with Crippen LogP contribution in [0.3, 0.4) is 0 Å². The molecule has 0 saturated heterocycles. The van der Waals surface area contributed by atoms with E-state index in [4.69, 9.17) is 0 Å². The molecule has 1 heterocycles. The van der Waals surface area contributed by atoms with E-state index in [9.17, 15) is 0 Å². The first-order valence-electron chi connectivity index (χ1n) is 5.64. The van der Waals surface area contributed by atoms with Crippen molar-refractivity contribution < 1.29 is 0 Å². The number of hydrogen-bond donors (Lipinski definition) is 1. The van der Waals surface area contributed by atoms with Gasteiger partial charge in [0.25, 0.3) is 0 Å². The van der Waals surface area contributed by atoms with Gasteiger partial charge in [-0.25, -0.2) is 0 Å². The van der Waals surface area contributed by atoms with E-state index >= 15 is 0 Å². The van der Waals surface area contributed by atoms with Crippen LogP contribution in [0.15, 0.2) is 53.7 Å². The Balaban J connectivity index is 2.51. The number of aromatic amines is 1. The maximum Gasteiger partial charge on any atom is 0.0701 e. The maximum absolute atomic E-state index is 4.39. The molecule has 2 aromatic rings. The van der Waals surface area contributed by atoms with Gasteiger partial charge in [0.1, 0.15) is 0 Å². The fourth-order valence-electron chi connectivity index (χ4n) is 1.77. The molecular formula is C15H16N2. The second-order valence-corrected chi connectivity index (χ2v) is 4.04. The lowest BCUT2D eigenvalue weighted by Crippen LogP contribution is -1.83. The molecule has 1 aromatic carbocycles. The van der Waals surface area contributed by atoms with Gasteiger partial charge in [0.2, 0.25) is 0 Å². The second-order valence-electron chi connectivity index (χ2n) is 4.04. The highest BCUT2D eigenvalue weighted by molar-refractivity contribution is 5.85. The smallest absolute Gasteiger partial charge is 0.0701 e. The van der Waals surface area contributed by atoms with E-state index < -0.39 is 0 Å². The van der Waals surface area contributed by atoms with Crippen molar-refractivity contribution in [3.05, 3.63) is 54.3 Å². The van der Waals surface area contributed by atoms with Gasteiger partial charge in [-0.1, -0.05) is 24.3 Å². The summed E-state index contributed by atoms with van der Waals surface area (Å²) in [4.78, 5) is 7.60. The van der Waals surface area contributed by atoms with E-state index in [0.29, 0.717) is 0 Å². The van der Waals surface area contributed by atoms with Crippen molar-refractivity contribution in [2.45, 2.75) is 13.8 Å². The summed E-state index contributed by atoms with van der Waals surface area (Å²) in [5, 5.41) is 1.21. The summed E-state index contributed by atoms with van der Waals surface area (Å²) in [6.45, 7) is 7.78. The number of aromatic nitrogens is 1. The summed E-state index contributed by atoms with van der Waals surface area (Å²) in [5.74, 6) is 0. The predicted molar refractivity (Wildman–Crippen MR) is 75.3 cm³/mol. The molecule has 0 bridgehead atoms. The largest absolute Gasteiger partial charge is 0.361 e. The Morgan fingerprint density at radius 2 is 2.18 bits per heavy atom. The normalized spacial score (nSPS) is 12.5. The first-order chi connectivity index (χ1) is 8.20. The second kappa shape index (κ2) is 4.83. The van der Waals surface area contributed by atoms with Gasteiger partial charge in [-0.05, 0) is 37.4 Å². The molecule has 1 N–H and O–H groups in total. The topological polar surface area (TPSA) is 28.1 Å². The molecule has 86 valence electrons. The third-order valence-corrected chi connectivity index (χ3v) is 2.50. The van der Waals surface area contributed by atoms with Crippen LogP contribution in [0.1, 0.15) is 19.4 Å². The number of allylic oxidation sites excluding steroid dienone is 2. The summed E-state index contributed by atoms with van der Waals surface area (Å²) < 4.78 is 0. The van der Waals surface area contributed by atoms with Crippen molar-refractivity contribution in [1.82, 2.24) is 4.98 Å². The molecule has 0 unspecified atom stereocenters. The fourth-order valence-corrected chi connectivity index (χ4v) is 1.77. The number of H-pyrrole nitrogens is 1. The number of rotatable bonds is 3. The number of nitrogens with one attached hydrogen (secondary N) is 1. The van der Waals surface area contributed by atoms with Crippen molar-refractivity contribution in [2.24, 2.45) is 4.99 Å². The number of nitrogens with zero attached hydrogens (tertiary/aromatic N) is 1. The van der Waals surface area contributed by atoms with Crippen LogP contribution < -0.4 is 0 Å². The molecule has 0 radical (unpaired) electrons. The number of fused-ring (bicyclic) bond motifs is 1. The molecule has 1 aromatic heterocycles. The van der Waals surface area contributed by atoms with Gasteiger partial charge in [-0.2, -0.15) is 0 Å². The number of benzene rings is 1. The summed E-state index contributed by atoms with van der Waals surface area (Å²) >= 11 is 0. The van der Waals surface area contributed by atoms with Gasteiger partial charge in [0.15, 0.2) is 0 Å². The monoisotopic (exact) mass is 224 g/mol. The Morgan fingerprint density at radius 1 is 1.35 bits per heavy atom. The van der Waals surface area contributed by atoms with Crippen molar-refractivity contribution >= 4 is 22.8 Å². The average molecular weight is 224 g/mol. The van der Waals surface area contributed by atoms with Crippen LogP contribution in [-0.4, -0.2) is 11.2 Å². The zero-order valence-corrected chi connectivity index (χ0v) is 10.2. The molecule has 2 heteroatoms. The third-order valence-electron chi connectivity index (χ3n) is 2.50. The molecular weight excluding hydrogens is 208 g/mol. The van der Waals surface area contributed by atoms with Crippen LogP contribution in [-0.2, 0) is 0 Å². The van der Waals surface area contributed by atoms with Crippen LogP contribution in [0.25, 0.3) is 16.6 Å². The van der Waals surface area contributed by atoms with Crippen molar-refractivity contribution in [3.8, 4) is 0 Å². The average Bonchev–Trinajstić information content (AvgIpc) is 2.74. The van der Waals surface area contributed by atoms with Gasteiger partial charge in [-0.3, -0.25) is 4.99 Å². The molecule has 0 saturated carbocycles. The molecule has 17 heavy (non-hydrogen) atoms. The van der Waals surface area contributed by atoms with Gasteiger partial charge in [0.05, 0.1) is 5.70 Å². The Labute approximate surface area is 101 Å². The van der Waals surface area contributed by atoms with E-state index in [2.05, 4.69) is 40.8 Å². The lowest BCUT2D eigenvalue weighted by molar-refractivity contribution is 1.45. The third kappa shape index (κ3) is 2.53. The highest BCUT2D eigenvalue weighted by Gasteiger charge is 2.01. The molecule has 0 amide bonds. The molecule has 0 atom stereocenters. The Hall–Kier alpha value is -2.09. The summed E-state index contributed by atoms with van der Waals surface area (Å²) in [6.07, 6.45) is 5.73. The summed E-state index contributed by atoms with van der Waals surface area (Å²) in [7, 11) is 0. The molecule has 2 rings (SSSR count). The van der Waals surface area contributed by atoms with Crippen LogP contribution >= 0.6 is 0 Å². The molecule has 0 fully saturated rings. The standard InChI is InChI=1S/C15H16N2/c1-4-16-14(9-11(2)3)13-6-5-12-7-8-17-15(12)10-13/h4-10,17H,2H2,1,3H3/b14-9-,16-4-. The van der Waals surface area contributed by atoms with Gasteiger partial charge in [-0.15, -0.1) is 0 Å². The van der Waals surface area contributed by atoms with E-state index in [-0.39, 0.29) is 0 Å². The highest BCUT2D eigenvalue weighted by Crippen LogP contribution is 2.22. The molecule has 0 aliphatic rings. The minimum Gasteiger partial charge on any atom is -0.361 e. The van der Waals surface area contributed by atoms with E-state index in [1.165, 1.54) is 5.39 Å².